The molecule has 0 spiro atoms. The minimum Gasteiger partial charge on any atom is -0.347 e. The maximum atomic E-state index is 13.0. The molecule has 4 aliphatic carbocycles. The Kier molecular flexibility index (Phi) is 4.49. The van der Waals surface area contributed by atoms with Gasteiger partial charge in [0.2, 0.25) is 11.8 Å². The van der Waals surface area contributed by atoms with E-state index < -0.39 is 0 Å². The Hall–Kier alpha value is -1.91. The van der Waals surface area contributed by atoms with Crippen molar-refractivity contribution in [3.05, 3.63) is 35.6 Å². The Morgan fingerprint density at radius 1 is 1.08 bits per heavy atom. The molecule has 1 aromatic carbocycles. The van der Waals surface area contributed by atoms with Gasteiger partial charge in [0, 0.05) is 19.0 Å². The summed E-state index contributed by atoms with van der Waals surface area (Å²) in [6.45, 7) is 0.449. The van der Waals surface area contributed by atoms with Crippen molar-refractivity contribution in [3.8, 4) is 0 Å². The van der Waals surface area contributed by atoms with Crippen LogP contribution in [0.25, 0.3) is 0 Å². The Balaban J connectivity index is 1.31. The molecule has 140 valence electrons. The normalized spacial score (nSPS) is 31.7. The van der Waals surface area contributed by atoms with E-state index in [9.17, 15) is 14.0 Å². The minimum atomic E-state index is -0.287. The minimum absolute atomic E-state index is 0.0400. The number of carbonyl (C=O) groups excluding carboxylic acids is 2. The molecule has 1 N–H and O–H groups in total. The fourth-order valence-corrected chi connectivity index (χ4v) is 5.82. The summed E-state index contributed by atoms with van der Waals surface area (Å²) >= 11 is 0. The third kappa shape index (κ3) is 3.36. The monoisotopic (exact) mass is 358 g/mol. The van der Waals surface area contributed by atoms with Gasteiger partial charge in [-0.25, -0.2) is 4.39 Å². The molecular formula is C21H27FN2O2. The van der Waals surface area contributed by atoms with Gasteiger partial charge < -0.3 is 10.2 Å². The highest BCUT2D eigenvalue weighted by Crippen LogP contribution is 2.60. The molecule has 0 atom stereocenters. The van der Waals surface area contributed by atoms with Crippen LogP contribution in [0, 0.1) is 29.0 Å². The average Bonchev–Trinajstić information content (AvgIpc) is 2.60. The summed E-state index contributed by atoms with van der Waals surface area (Å²) in [5.41, 5.74) is 0.652. The lowest BCUT2D eigenvalue weighted by molar-refractivity contribution is -0.147. The van der Waals surface area contributed by atoms with Crippen LogP contribution in [-0.2, 0) is 16.1 Å². The van der Waals surface area contributed by atoms with E-state index in [-0.39, 0.29) is 29.6 Å². The molecule has 4 aliphatic rings. The topological polar surface area (TPSA) is 49.4 Å². The number of amides is 2. The van der Waals surface area contributed by atoms with Crippen LogP contribution in [0.2, 0.25) is 0 Å². The zero-order valence-corrected chi connectivity index (χ0v) is 15.3. The highest BCUT2D eigenvalue weighted by atomic mass is 19.1. The van der Waals surface area contributed by atoms with Crippen molar-refractivity contribution in [2.75, 3.05) is 13.6 Å². The Morgan fingerprint density at radius 2 is 1.62 bits per heavy atom. The smallest absolute Gasteiger partial charge is 0.242 e. The molecular weight excluding hydrogens is 331 g/mol. The molecule has 4 fully saturated rings. The second-order valence-corrected chi connectivity index (χ2v) is 8.76. The Bertz CT molecular complexity index is 665. The average molecular weight is 358 g/mol. The molecule has 0 heterocycles. The van der Waals surface area contributed by atoms with Crippen LogP contribution < -0.4 is 5.32 Å². The van der Waals surface area contributed by atoms with E-state index in [2.05, 4.69) is 5.32 Å². The van der Waals surface area contributed by atoms with Crippen molar-refractivity contribution in [1.29, 1.82) is 0 Å². The van der Waals surface area contributed by atoms with E-state index in [1.165, 1.54) is 31.4 Å². The molecule has 0 radical (unpaired) electrons. The van der Waals surface area contributed by atoms with Crippen molar-refractivity contribution in [1.82, 2.24) is 10.2 Å². The number of likely N-dealkylation sites (N-methyl/N-ethyl adjacent to an activating group) is 1. The summed E-state index contributed by atoms with van der Waals surface area (Å²) < 4.78 is 13.0. The van der Waals surface area contributed by atoms with Gasteiger partial charge in [-0.1, -0.05) is 12.1 Å². The number of benzene rings is 1. The molecule has 26 heavy (non-hydrogen) atoms. The van der Waals surface area contributed by atoms with Crippen LogP contribution in [0.1, 0.15) is 44.1 Å². The van der Waals surface area contributed by atoms with E-state index in [1.54, 1.807) is 24.1 Å². The maximum Gasteiger partial charge on any atom is 0.242 e. The fraction of sp³-hybridized carbons (Fsp3) is 0.619. The Labute approximate surface area is 154 Å². The third-order valence-corrected chi connectivity index (χ3v) is 6.68. The predicted octanol–water partition coefficient (Wildman–Crippen LogP) is 3.12. The lowest BCUT2D eigenvalue weighted by Crippen LogP contribution is -2.54. The van der Waals surface area contributed by atoms with E-state index in [4.69, 9.17) is 0 Å². The Morgan fingerprint density at radius 3 is 2.15 bits per heavy atom. The first-order valence-electron chi connectivity index (χ1n) is 9.70. The van der Waals surface area contributed by atoms with E-state index >= 15 is 0 Å². The molecule has 0 unspecified atom stereocenters. The standard InChI is InChI=1S/C21H27FN2O2/c1-24(13-14-2-4-18(22)5-3-14)19(25)12-23-20(26)21-9-15-6-16(10-21)8-17(7-15)11-21/h2-5,15-17H,6-13H2,1H3,(H,23,26). The zero-order valence-electron chi connectivity index (χ0n) is 15.3. The van der Waals surface area contributed by atoms with Crippen molar-refractivity contribution in [2.24, 2.45) is 23.2 Å². The number of nitrogens with zero attached hydrogens (tertiary/aromatic N) is 1. The SMILES string of the molecule is CN(Cc1ccc(F)cc1)C(=O)CNC(=O)C12CC3CC(CC(C3)C1)C2. The molecule has 4 saturated carbocycles. The first-order chi connectivity index (χ1) is 12.4. The molecule has 1 aromatic rings. The second kappa shape index (κ2) is 6.67. The summed E-state index contributed by atoms with van der Waals surface area (Å²) in [7, 11) is 1.71. The fourth-order valence-electron chi connectivity index (χ4n) is 5.82. The van der Waals surface area contributed by atoms with Crippen LogP contribution in [0.15, 0.2) is 24.3 Å². The van der Waals surface area contributed by atoms with Gasteiger partial charge in [0.1, 0.15) is 5.82 Å². The van der Waals surface area contributed by atoms with Crippen LogP contribution in [-0.4, -0.2) is 30.3 Å². The number of rotatable bonds is 5. The molecule has 2 amide bonds. The summed E-state index contributed by atoms with van der Waals surface area (Å²) in [6.07, 6.45) is 6.91. The van der Waals surface area contributed by atoms with Gasteiger partial charge in [0.15, 0.2) is 0 Å². The predicted molar refractivity (Wildman–Crippen MR) is 96.5 cm³/mol. The van der Waals surface area contributed by atoms with Crippen LogP contribution in [0.4, 0.5) is 4.39 Å². The highest BCUT2D eigenvalue weighted by molar-refractivity contribution is 5.88. The van der Waals surface area contributed by atoms with E-state index in [0.717, 1.165) is 24.8 Å². The van der Waals surface area contributed by atoms with Crippen LogP contribution >= 0.6 is 0 Å². The van der Waals surface area contributed by atoms with Gasteiger partial charge in [0.05, 0.1) is 6.54 Å². The largest absolute Gasteiger partial charge is 0.347 e. The first-order valence-corrected chi connectivity index (χ1v) is 9.70. The van der Waals surface area contributed by atoms with Gasteiger partial charge in [0.25, 0.3) is 0 Å². The number of hydrogen-bond acceptors (Lipinski definition) is 2. The lowest BCUT2D eigenvalue weighted by atomic mass is 9.49. The van der Waals surface area contributed by atoms with Gasteiger partial charge >= 0.3 is 0 Å². The van der Waals surface area contributed by atoms with E-state index in [1.807, 2.05) is 0 Å². The van der Waals surface area contributed by atoms with Gasteiger partial charge in [-0.15, -0.1) is 0 Å². The molecule has 4 bridgehead atoms. The van der Waals surface area contributed by atoms with Crippen molar-refractivity contribution < 1.29 is 14.0 Å². The van der Waals surface area contributed by atoms with Crippen molar-refractivity contribution in [3.63, 3.8) is 0 Å². The quantitative estimate of drug-likeness (QED) is 0.879. The number of carbonyl (C=O) groups is 2. The van der Waals surface area contributed by atoms with E-state index in [0.29, 0.717) is 24.3 Å². The number of nitrogens with one attached hydrogen (secondary N) is 1. The maximum absolute atomic E-state index is 13.0. The van der Waals surface area contributed by atoms with Gasteiger partial charge in [-0.05, 0) is 74.0 Å². The summed E-state index contributed by atoms with van der Waals surface area (Å²) in [5, 5.41) is 2.93. The van der Waals surface area contributed by atoms with Crippen molar-refractivity contribution >= 4 is 11.8 Å². The second-order valence-electron chi connectivity index (χ2n) is 8.76. The summed E-state index contributed by atoms with van der Waals surface area (Å²) in [5.74, 6) is 1.81. The molecule has 5 rings (SSSR count). The van der Waals surface area contributed by atoms with Gasteiger partial charge in [-0.3, -0.25) is 9.59 Å². The van der Waals surface area contributed by atoms with Crippen LogP contribution in [0.3, 0.4) is 0 Å². The molecule has 0 aromatic heterocycles. The lowest BCUT2D eigenvalue weighted by Gasteiger charge is -2.55. The van der Waals surface area contributed by atoms with Crippen molar-refractivity contribution in [2.45, 2.75) is 45.1 Å². The van der Waals surface area contributed by atoms with Gasteiger partial charge in [-0.2, -0.15) is 0 Å². The summed E-state index contributed by atoms with van der Waals surface area (Å²) in [6, 6.07) is 6.13. The molecule has 5 heteroatoms. The first kappa shape index (κ1) is 17.5. The molecule has 0 aliphatic heterocycles. The third-order valence-electron chi connectivity index (χ3n) is 6.68. The highest BCUT2D eigenvalue weighted by Gasteiger charge is 2.54. The summed E-state index contributed by atoms with van der Waals surface area (Å²) in [4.78, 5) is 26.9. The molecule has 0 saturated heterocycles. The number of hydrogen-bond donors (Lipinski definition) is 1. The molecule has 4 nitrogen and oxygen atoms in total. The number of halogens is 1. The van der Waals surface area contributed by atoms with Crippen LogP contribution in [0.5, 0.6) is 0 Å². The zero-order chi connectivity index (χ0) is 18.3.